The van der Waals surface area contributed by atoms with E-state index in [0.29, 0.717) is 6.04 Å². The van der Waals surface area contributed by atoms with Gasteiger partial charge in [-0.3, -0.25) is 0 Å². The molecule has 0 N–H and O–H groups in total. The first kappa shape index (κ1) is 25.1. The van der Waals surface area contributed by atoms with Crippen molar-refractivity contribution in [3.8, 4) is 33.4 Å². The maximum absolute atomic E-state index is 9.12. The first-order valence-corrected chi connectivity index (χ1v) is 16.1. The Morgan fingerprint density at radius 3 is 1.26 bits per heavy atom. The molecule has 0 unspecified atom stereocenters. The van der Waals surface area contributed by atoms with E-state index in [9.17, 15) is 0 Å². The average molecular weight is 598 g/mol. The second-order valence-corrected chi connectivity index (χ2v) is 12.3. The molecule has 0 saturated heterocycles. The summed E-state index contributed by atoms with van der Waals surface area (Å²) < 4.78 is 15.8. The fourth-order valence-corrected chi connectivity index (χ4v) is 7.82. The van der Waals surface area contributed by atoms with E-state index < -0.39 is 0 Å². The van der Waals surface area contributed by atoms with Crippen molar-refractivity contribution in [3.63, 3.8) is 0 Å². The largest absolute Gasteiger partial charge is 0.456 e. The van der Waals surface area contributed by atoms with E-state index in [1.165, 1.54) is 38.2 Å². The van der Waals surface area contributed by atoms with Crippen molar-refractivity contribution in [2.24, 2.45) is 0 Å². The van der Waals surface area contributed by atoms with Crippen molar-refractivity contribution < 1.29 is 5.79 Å². The second kappa shape index (κ2) is 10.2. The minimum absolute atomic E-state index is 0.561. The molecule has 0 saturated carbocycles. The molecule has 1 heteroatoms. The van der Waals surface area contributed by atoms with Gasteiger partial charge in [-0.25, -0.2) is 0 Å². The molecule has 0 spiro atoms. The molecule has 0 amide bonds. The van der Waals surface area contributed by atoms with Crippen LogP contribution < -0.4 is 0 Å². The van der Waals surface area contributed by atoms with Gasteiger partial charge in [-0.15, -0.1) is 0 Å². The Hall–Kier alpha value is -6.18. The van der Waals surface area contributed by atoms with Crippen LogP contribution in [0.3, 0.4) is 0 Å². The molecule has 47 heavy (non-hydrogen) atoms. The SMILES string of the molecule is [2H]c1c2ccccc2c(-c2cccc3oc4cccc(-c5c6ccccc6c(-c6ccccc6)c6ccccc56)c4c23)c2ccccc12. The maximum Gasteiger partial charge on any atom is 0.136 e. The Morgan fingerprint density at radius 1 is 0.340 bits per heavy atom. The third kappa shape index (κ3) is 3.84. The third-order valence-electron chi connectivity index (χ3n) is 9.72. The van der Waals surface area contributed by atoms with Gasteiger partial charge in [0, 0.05) is 10.8 Å². The standard InChI is InChI=1S/C46H28O/c1-2-14-29(15-3-1)42-34-20-8-10-22-36(34)44(37-23-11-9-21-35(37)42)39-25-13-27-41-46(39)45-38(24-12-26-40(45)47-41)43-32-18-6-4-16-30(32)28-31-17-5-7-19-33(31)43/h1-28H/i28D. The van der Waals surface area contributed by atoms with Crippen molar-refractivity contribution in [2.45, 2.75) is 0 Å². The summed E-state index contributed by atoms with van der Waals surface area (Å²) in [5.74, 6) is 0. The molecule has 1 heterocycles. The summed E-state index contributed by atoms with van der Waals surface area (Å²) in [6, 6.07) is 58.4. The molecule has 0 fully saturated rings. The van der Waals surface area contributed by atoms with E-state index in [4.69, 9.17) is 5.79 Å². The van der Waals surface area contributed by atoms with Crippen LogP contribution in [0, 0.1) is 0 Å². The normalized spacial score (nSPS) is 12.1. The number of hydrogen-bond acceptors (Lipinski definition) is 1. The Kier molecular flexibility index (Phi) is 5.42. The Morgan fingerprint density at radius 2 is 0.745 bits per heavy atom. The smallest absolute Gasteiger partial charge is 0.136 e. The molecule has 0 bridgehead atoms. The van der Waals surface area contributed by atoms with Crippen molar-refractivity contribution in [3.05, 3.63) is 170 Å². The molecule has 1 aromatic heterocycles. The highest BCUT2D eigenvalue weighted by Gasteiger charge is 2.22. The highest BCUT2D eigenvalue weighted by molar-refractivity contribution is 6.28. The predicted molar refractivity (Wildman–Crippen MR) is 200 cm³/mol. The molecular formula is C46H28O. The third-order valence-corrected chi connectivity index (χ3v) is 9.72. The minimum Gasteiger partial charge on any atom is -0.456 e. The molecular weight excluding hydrogens is 569 g/mol. The van der Waals surface area contributed by atoms with Gasteiger partial charge in [0.25, 0.3) is 0 Å². The van der Waals surface area contributed by atoms with Crippen LogP contribution in [0.4, 0.5) is 0 Å². The maximum atomic E-state index is 9.12. The lowest BCUT2D eigenvalue weighted by atomic mass is 9.84. The van der Waals surface area contributed by atoms with E-state index in [0.717, 1.165) is 60.2 Å². The first-order valence-electron chi connectivity index (χ1n) is 16.6. The predicted octanol–water partition coefficient (Wildman–Crippen LogP) is 13.2. The fourth-order valence-electron chi connectivity index (χ4n) is 7.82. The van der Waals surface area contributed by atoms with E-state index in [1.807, 2.05) is 12.1 Å². The second-order valence-electron chi connectivity index (χ2n) is 12.3. The van der Waals surface area contributed by atoms with Crippen LogP contribution in [0.2, 0.25) is 0 Å². The number of hydrogen-bond donors (Lipinski definition) is 0. The van der Waals surface area contributed by atoms with Gasteiger partial charge in [0.05, 0.1) is 1.37 Å². The van der Waals surface area contributed by atoms with Crippen molar-refractivity contribution in [1.82, 2.24) is 0 Å². The van der Waals surface area contributed by atoms with E-state index >= 15 is 0 Å². The summed E-state index contributed by atoms with van der Waals surface area (Å²) in [7, 11) is 0. The molecule has 0 aliphatic heterocycles. The number of furan rings is 1. The van der Waals surface area contributed by atoms with Gasteiger partial charge in [0.15, 0.2) is 0 Å². The quantitative estimate of drug-likeness (QED) is 0.185. The summed E-state index contributed by atoms with van der Waals surface area (Å²) in [5.41, 5.74) is 8.78. The Balaban J connectivity index is 1.39. The van der Waals surface area contributed by atoms with Crippen LogP contribution in [-0.4, -0.2) is 0 Å². The fraction of sp³-hybridized carbons (Fsp3) is 0. The lowest BCUT2D eigenvalue weighted by Crippen LogP contribution is -1.91. The van der Waals surface area contributed by atoms with E-state index in [-0.39, 0.29) is 0 Å². The molecule has 218 valence electrons. The van der Waals surface area contributed by atoms with Crippen molar-refractivity contribution in [2.75, 3.05) is 0 Å². The monoisotopic (exact) mass is 597 g/mol. The van der Waals surface area contributed by atoms with Gasteiger partial charge in [-0.2, -0.15) is 0 Å². The van der Waals surface area contributed by atoms with Gasteiger partial charge in [-0.1, -0.05) is 152 Å². The zero-order chi connectivity index (χ0) is 31.8. The molecule has 0 radical (unpaired) electrons. The van der Waals surface area contributed by atoms with Crippen LogP contribution >= 0.6 is 0 Å². The molecule has 1 nitrogen and oxygen atoms in total. The van der Waals surface area contributed by atoms with E-state index in [2.05, 4.69) is 152 Å². The van der Waals surface area contributed by atoms with Gasteiger partial charge in [-0.05, 0) is 94.6 Å². The van der Waals surface area contributed by atoms with Gasteiger partial charge in [0.2, 0.25) is 0 Å². The molecule has 9 aromatic carbocycles. The van der Waals surface area contributed by atoms with Crippen LogP contribution in [-0.2, 0) is 0 Å². The highest BCUT2D eigenvalue weighted by atomic mass is 16.3. The van der Waals surface area contributed by atoms with Crippen molar-refractivity contribution in [1.29, 1.82) is 0 Å². The molecule has 0 atom stereocenters. The Bertz CT molecular complexity index is 2780. The molecule has 10 rings (SSSR count). The minimum atomic E-state index is 0.561. The van der Waals surface area contributed by atoms with Gasteiger partial charge >= 0.3 is 0 Å². The number of fused-ring (bicyclic) bond motifs is 7. The van der Waals surface area contributed by atoms with Crippen LogP contribution in [0.25, 0.3) is 98.4 Å². The zero-order valence-electron chi connectivity index (χ0n) is 26.5. The summed E-state index contributed by atoms with van der Waals surface area (Å²) in [6.45, 7) is 0. The number of rotatable bonds is 3. The number of benzene rings is 9. The van der Waals surface area contributed by atoms with Crippen LogP contribution in [0.5, 0.6) is 0 Å². The van der Waals surface area contributed by atoms with Crippen molar-refractivity contribution >= 4 is 65.0 Å². The molecule has 0 aliphatic rings. The lowest BCUT2D eigenvalue weighted by molar-refractivity contribution is 0.669. The zero-order valence-corrected chi connectivity index (χ0v) is 25.5. The topological polar surface area (TPSA) is 13.1 Å². The lowest BCUT2D eigenvalue weighted by Gasteiger charge is -2.18. The summed E-state index contributed by atoms with van der Waals surface area (Å²) in [5, 5.41) is 11.1. The van der Waals surface area contributed by atoms with Crippen LogP contribution in [0.1, 0.15) is 1.37 Å². The summed E-state index contributed by atoms with van der Waals surface area (Å²) in [6.07, 6.45) is 0. The van der Waals surface area contributed by atoms with Crippen LogP contribution in [0.15, 0.2) is 174 Å². The Labute approximate surface area is 273 Å². The highest BCUT2D eigenvalue weighted by Crippen LogP contribution is 2.49. The summed E-state index contributed by atoms with van der Waals surface area (Å²) >= 11 is 0. The van der Waals surface area contributed by atoms with Gasteiger partial charge < -0.3 is 4.42 Å². The molecule has 0 aliphatic carbocycles. The van der Waals surface area contributed by atoms with E-state index in [1.54, 1.807) is 0 Å². The van der Waals surface area contributed by atoms with Gasteiger partial charge in [0.1, 0.15) is 11.2 Å². The molecule has 10 aromatic rings. The average Bonchev–Trinajstić information content (AvgIpc) is 3.54. The summed E-state index contributed by atoms with van der Waals surface area (Å²) in [4.78, 5) is 0. The first-order chi connectivity index (χ1) is 23.8.